The molecule has 2 amide bonds. The van der Waals surface area contributed by atoms with Gasteiger partial charge < -0.3 is 10.6 Å². The predicted octanol–water partition coefficient (Wildman–Crippen LogP) is 1.77. The van der Waals surface area contributed by atoms with Crippen LogP contribution in [-0.2, 0) is 26.4 Å². The summed E-state index contributed by atoms with van der Waals surface area (Å²) in [5.41, 5.74) is 2.57. The molecule has 0 aliphatic carbocycles. The molecule has 130 valence electrons. The van der Waals surface area contributed by atoms with E-state index in [4.69, 9.17) is 0 Å². The molecule has 0 saturated carbocycles. The van der Waals surface area contributed by atoms with Gasteiger partial charge in [-0.25, -0.2) is 4.79 Å². The molecule has 2 aromatic rings. The van der Waals surface area contributed by atoms with Crippen LogP contribution in [0.15, 0.2) is 23.8 Å². The highest BCUT2D eigenvalue weighted by Gasteiger charge is 2.21. The predicted molar refractivity (Wildman–Crippen MR) is 96.2 cm³/mol. The molecule has 2 aromatic heterocycles. The number of fused-ring (bicyclic) bond motifs is 1. The van der Waals surface area contributed by atoms with E-state index in [-0.39, 0.29) is 6.03 Å². The van der Waals surface area contributed by atoms with Crippen LogP contribution in [0.25, 0.3) is 0 Å². The molecule has 0 aromatic carbocycles. The summed E-state index contributed by atoms with van der Waals surface area (Å²) in [6.45, 7) is 5.52. The Morgan fingerprint density at radius 1 is 1.46 bits per heavy atom. The number of aromatic nitrogens is 2. The number of rotatable bonds is 6. The maximum absolute atomic E-state index is 11.9. The summed E-state index contributed by atoms with van der Waals surface area (Å²) in [6.07, 6.45) is 5.71. The summed E-state index contributed by atoms with van der Waals surface area (Å²) in [5, 5.41) is 12.2. The Hall–Kier alpha value is -1.86. The van der Waals surface area contributed by atoms with Crippen LogP contribution in [-0.4, -0.2) is 46.4 Å². The van der Waals surface area contributed by atoms with E-state index in [0.29, 0.717) is 19.1 Å². The van der Waals surface area contributed by atoms with Crippen molar-refractivity contribution in [1.82, 2.24) is 25.3 Å². The van der Waals surface area contributed by atoms with Gasteiger partial charge in [0.25, 0.3) is 0 Å². The van der Waals surface area contributed by atoms with E-state index in [9.17, 15) is 4.79 Å². The highest BCUT2D eigenvalue weighted by molar-refractivity contribution is 7.10. The van der Waals surface area contributed by atoms with Crippen molar-refractivity contribution >= 4 is 17.4 Å². The van der Waals surface area contributed by atoms with E-state index < -0.39 is 0 Å². The van der Waals surface area contributed by atoms with Crippen LogP contribution in [0.5, 0.6) is 0 Å². The minimum atomic E-state index is -0.0982. The van der Waals surface area contributed by atoms with Crippen LogP contribution in [0.3, 0.4) is 0 Å². The summed E-state index contributed by atoms with van der Waals surface area (Å²) in [7, 11) is 1.89. The largest absolute Gasteiger partial charge is 0.338 e. The lowest BCUT2D eigenvalue weighted by Crippen LogP contribution is -2.46. The molecule has 0 unspecified atom stereocenters. The molecule has 7 heteroatoms. The van der Waals surface area contributed by atoms with Crippen LogP contribution in [0, 0.1) is 0 Å². The minimum absolute atomic E-state index is 0.0982. The van der Waals surface area contributed by atoms with Crippen molar-refractivity contribution in [2.75, 3.05) is 19.6 Å². The zero-order chi connectivity index (χ0) is 16.9. The molecule has 0 saturated heterocycles. The molecule has 2 N–H and O–H groups in total. The van der Waals surface area contributed by atoms with Gasteiger partial charge in [0.2, 0.25) is 0 Å². The maximum atomic E-state index is 11.9. The van der Waals surface area contributed by atoms with Crippen LogP contribution in [0.2, 0.25) is 0 Å². The summed E-state index contributed by atoms with van der Waals surface area (Å²) < 4.78 is 1.77. The smallest absolute Gasteiger partial charge is 0.314 e. The third kappa shape index (κ3) is 4.36. The Morgan fingerprint density at radius 3 is 3.12 bits per heavy atom. The summed E-state index contributed by atoms with van der Waals surface area (Å²) in [6, 6.07) is 2.46. The van der Waals surface area contributed by atoms with Crippen molar-refractivity contribution in [3.05, 3.63) is 39.8 Å². The zero-order valence-electron chi connectivity index (χ0n) is 14.3. The number of nitrogens with one attached hydrogen (secondary N) is 2. The third-order valence-corrected chi connectivity index (χ3v) is 5.50. The lowest BCUT2D eigenvalue weighted by molar-refractivity contribution is 0.186. The molecule has 1 atom stereocenters. The number of nitrogens with zero attached hydrogens (tertiary/aromatic N) is 3. The number of carbonyl (C=O) groups excluding carboxylic acids is 1. The normalized spacial score (nSPS) is 15.8. The molecule has 1 aliphatic rings. The molecule has 0 fully saturated rings. The quantitative estimate of drug-likeness (QED) is 0.837. The number of hydrogen-bond acceptors (Lipinski definition) is 4. The first-order chi connectivity index (χ1) is 11.6. The fraction of sp³-hybridized carbons (Fsp3) is 0.529. The van der Waals surface area contributed by atoms with E-state index in [0.717, 1.165) is 31.5 Å². The molecule has 1 aliphatic heterocycles. The van der Waals surface area contributed by atoms with Crippen molar-refractivity contribution < 1.29 is 4.79 Å². The van der Waals surface area contributed by atoms with Crippen molar-refractivity contribution in [2.24, 2.45) is 7.05 Å². The van der Waals surface area contributed by atoms with E-state index in [1.807, 2.05) is 30.8 Å². The molecule has 0 radical (unpaired) electrons. The van der Waals surface area contributed by atoms with Crippen LogP contribution in [0.4, 0.5) is 4.79 Å². The van der Waals surface area contributed by atoms with E-state index >= 15 is 0 Å². The first-order valence-corrected chi connectivity index (χ1v) is 9.28. The zero-order valence-corrected chi connectivity index (χ0v) is 15.1. The first-order valence-electron chi connectivity index (χ1n) is 8.40. The topological polar surface area (TPSA) is 62.2 Å². The van der Waals surface area contributed by atoms with Crippen molar-refractivity contribution in [3.8, 4) is 0 Å². The highest BCUT2D eigenvalue weighted by atomic mass is 32.1. The Balaban J connectivity index is 1.35. The number of carbonyl (C=O) groups is 1. The second-order valence-corrected chi connectivity index (χ2v) is 7.35. The summed E-state index contributed by atoms with van der Waals surface area (Å²) in [5.74, 6) is 0. The number of hydrogen-bond donors (Lipinski definition) is 2. The monoisotopic (exact) mass is 347 g/mol. The standard InChI is InChI=1S/C17H25N5OS/c1-13(22-7-4-16-15(12-22)5-8-24-16)9-19-17(23)18-6-3-14-10-20-21(2)11-14/h5,8,10-11,13H,3-4,6-7,9,12H2,1-2H3,(H2,18,19,23)/t13-/m0/s1. The lowest BCUT2D eigenvalue weighted by atomic mass is 10.1. The fourth-order valence-electron chi connectivity index (χ4n) is 3.00. The van der Waals surface area contributed by atoms with Gasteiger partial charge in [0.1, 0.15) is 0 Å². The van der Waals surface area contributed by atoms with Crippen LogP contribution >= 0.6 is 11.3 Å². The van der Waals surface area contributed by atoms with Crippen molar-refractivity contribution in [1.29, 1.82) is 0 Å². The molecule has 6 nitrogen and oxygen atoms in total. The second-order valence-electron chi connectivity index (χ2n) is 6.35. The fourth-order valence-corrected chi connectivity index (χ4v) is 3.89. The molecule has 0 bridgehead atoms. The SMILES string of the molecule is C[C@@H](CNC(=O)NCCc1cnn(C)c1)N1CCc2sccc2C1. The van der Waals surface area contributed by atoms with Gasteiger partial charge in [-0.3, -0.25) is 9.58 Å². The Labute approximate surface area is 146 Å². The average Bonchev–Trinajstić information content (AvgIpc) is 3.20. The molecular weight excluding hydrogens is 322 g/mol. The number of thiophene rings is 1. The van der Waals surface area contributed by atoms with Crippen LogP contribution in [0.1, 0.15) is 22.9 Å². The number of urea groups is 1. The van der Waals surface area contributed by atoms with Gasteiger partial charge in [-0.15, -0.1) is 11.3 Å². The van der Waals surface area contributed by atoms with Gasteiger partial charge in [-0.05, 0) is 42.3 Å². The summed E-state index contributed by atoms with van der Waals surface area (Å²) in [4.78, 5) is 15.9. The average molecular weight is 347 g/mol. The minimum Gasteiger partial charge on any atom is -0.338 e. The van der Waals surface area contributed by atoms with Gasteiger partial charge in [-0.2, -0.15) is 5.10 Å². The van der Waals surface area contributed by atoms with Crippen LogP contribution < -0.4 is 10.6 Å². The second kappa shape index (κ2) is 7.81. The van der Waals surface area contributed by atoms with Crippen molar-refractivity contribution in [3.63, 3.8) is 0 Å². The first kappa shape index (κ1) is 17.0. The van der Waals surface area contributed by atoms with E-state index in [2.05, 4.69) is 39.0 Å². The Kier molecular flexibility index (Phi) is 5.52. The maximum Gasteiger partial charge on any atom is 0.314 e. The van der Waals surface area contributed by atoms with Gasteiger partial charge in [0.15, 0.2) is 0 Å². The lowest BCUT2D eigenvalue weighted by Gasteiger charge is -2.32. The van der Waals surface area contributed by atoms with Gasteiger partial charge in [0, 0.05) is 50.3 Å². The molecule has 3 rings (SSSR count). The van der Waals surface area contributed by atoms with E-state index in [1.165, 1.54) is 10.4 Å². The molecule has 3 heterocycles. The van der Waals surface area contributed by atoms with Gasteiger partial charge in [-0.1, -0.05) is 0 Å². The molecule has 24 heavy (non-hydrogen) atoms. The summed E-state index contributed by atoms with van der Waals surface area (Å²) >= 11 is 1.85. The van der Waals surface area contributed by atoms with Gasteiger partial charge in [0.05, 0.1) is 6.20 Å². The Morgan fingerprint density at radius 2 is 2.33 bits per heavy atom. The third-order valence-electron chi connectivity index (χ3n) is 4.48. The van der Waals surface area contributed by atoms with Crippen molar-refractivity contribution in [2.45, 2.75) is 32.4 Å². The number of amides is 2. The molecule has 0 spiro atoms. The highest BCUT2D eigenvalue weighted by Crippen LogP contribution is 2.24. The van der Waals surface area contributed by atoms with Gasteiger partial charge >= 0.3 is 6.03 Å². The molecular formula is C17H25N5OS. The Bertz CT molecular complexity index is 680. The van der Waals surface area contributed by atoms with E-state index in [1.54, 1.807) is 4.68 Å². The number of aryl methyl sites for hydroxylation is 1.